The summed E-state index contributed by atoms with van der Waals surface area (Å²) in [5.41, 5.74) is 1.70. The van der Waals surface area contributed by atoms with Crippen LogP contribution in [0.5, 0.6) is 5.75 Å². The highest BCUT2D eigenvalue weighted by Crippen LogP contribution is 2.25. The number of benzene rings is 1. The van der Waals surface area contributed by atoms with Gasteiger partial charge < -0.3 is 10.4 Å². The maximum absolute atomic E-state index is 11.9. The van der Waals surface area contributed by atoms with Crippen molar-refractivity contribution in [1.29, 1.82) is 0 Å². The number of carbonyl (C=O) groups excluding carboxylic acids is 1. The zero-order valence-electron chi connectivity index (χ0n) is 9.64. The number of amides is 1. The van der Waals surface area contributed by atoms with Gasteiger partial charge in [-0.25, -0.2) is 0 Å². The molecule has 2 N–H and O–H groups in total. The third kappa shape index (κ3) is 2.60. The molecule has 4 nitrogen and oxygen atoms in total. The van der Waals surface area contributed by atoms with E-state index < -0.39 is 0 Å². The lowest BCUT2D eigenvalue weighted by molar-refractivity contribution is 0.102. The summed E-state index contributed by atoms with van der Waals surface area (Å²) in [6, 6.07) is 6.70. The average molecular weight is 263 g/mol. The largest absolute Gasteiger partial charge is 0.506 e. The molecule has 1 aromatic carbocycles. The predicted octanol–water partition coefficient (Wildman–Crippen LogP) is 3.00. The van der Waals surface area contributed by atoms with Crippen LogP contribution in [0.4, 0.5) is 5.69 Å². The molecule has 0 saturated carbocycles. The highest BCUT2D eigenvalue weighted by atomic mass is 35.5. The number of rotatable bonds is 2. The van der Waals surface area contributed by atoms with E-state index in [9.17, 15) is 9.90 Å². The molecule has 0 radical (unpaired) electrons. The number of para-hydroxylation sites is 1. The lowest BCUT2D eigenvalue weighted by atomic mass is 10.2. The molecule has 0 bridgehead atoms. The summed E-state index contributed by atoms with van der Waals surface area (Å²) in [5.74, 6) is -0.423. The van der Waals surface area contributed by atoms with Gasteiger partial charge in [0.15, 0.2) is 0 Å². The highest BCUT2D eigenvalue weighted by Gasteiger charge is 2.11. The number of aromatic nitrogens is 1. The molecule has 0 aliphatic carbocycles. The molecule has 1 heterocycles. The van der Waals surface area contributed by atoms with Gasteiger partial charge >= 0.3 is 0 Å². The molecule has 0 aliphatic rings. The Hall–Kier alpha value is -2.07. The van der Waals surface area contributed by atoms with Crippen molar-refractivity contribution in [3.63, 3.8) is 0 Å². The summed E-state index contributed by atoms with van der Waals surface area (Å²) in [6.07, 6.45) is 2.64. The second kappa shape index (κ2) is 5.06. The van der Waals surface area contributed by atoms with E-state index in [0.717, 1.165) is 5.56 Å². The first kappa shape index (κ1) is 12.4. The number of halogens is 1. The van der Waals surface area contributed by atoms with Gasteiger partial charge in [0.25, 0.3) is 5.91 Å². The van der Waals surface area contributed by atoms with E-state index in [1.54, 1.807) is 6.07 Å². The molecule has 18 heavy (non-hydrogen) atoms. The maximum Gasteiger partial charge on any atom is 0.257 e. The summed E-state index contributed by atoms with van der Waals surface area (Å²) >= 11 is 6.01. The van der Waals surface area contributed by atoms with Crippen molar-refractivity contribution in [3.8, 4) is 5.75 Å². The van der Waals surface area contributed by atoms with Crippen LogP contribution in [-0.4, -0.2) is 16.0 Å². The topological polar surface area (TPSA) is 62.2 Å². The number of anilines is 1. The summed E-state index contributed by atoms with van der Waals surface area (Å²) < 4.78 is 0. The predicted molar refractivity (Wildman–Crippen MR) is 70.0 cm³/mol. The van der Waals surface area contributed by atoms with Crippen LogP contribution in [0.15, 0.2) is 36.7 Å². The number of pyridine rings is 1. The van der Waals surface area contributed by atoms with Gasteiger partial charge in [0.1, 0.15) is 5.75 Å². The van der Waals surface area contributed by atoms with Gasteiger partial charge in [-0.15, -0.1) is 0 Å². The van der Waals surface area contributed by atoms with Crippen molar-refractivity contribution in [2.75, 3.05) is 5.32 Å². The molecule has 2 rings (SSSR count). The van der Waals surface area contributed by atoms with Crippen LogP contribution in [0.1, 0.15) is 15.9 Å². The van der Waals surface area contributed by atoms with E-state index in [2.05, 4.69) is 10.3 Å². The number of hydrogen-bond acceptors (Lipinski definition) is 3. The fourth-order valence-corrected chi connectivity index (χ4v) is 1.80. The summed E-state index contributed by atoms with van der Waals surface area (Å²) in [5, 5.41) is 12.4. The van der Waals surface area contributed by atoms with Gasteiger partial charge in [-0.2, -0.15) is 0 Å². The molecule has 0 fully saturated rings. The van der Waals surface area contributed by atoms with Gasteiger partial charge in [-0.3, -0.25) is 9.78 Å². The molecule has 5 heteroatoms. The third-order valence-corrected chi connectivity index (χ3v) is 2.76. The number of aryl methyl sites for hydroxylation is 1. The van der Waals surface area contributed by atoms with Crippen molar-refractivity contribution in [2.45, 2.75) is 6.92 Å². The minimum atomic E-state index is -0.366. The first-order valence-electron chi connectivity index (χ1n) is 5.28. The Bertz CT molecular complexity index is 579. The number of carbonyl (C=O) groups is 1. The quantitative estimate of drug-likeness (QED) is 0.875. The monoisotopic (exact) mass is 262 g/mol. The molecule has 2 aromatic rings. The summed E-state index contributed by atoms with van der Waals surface area (Å²) in [6.45, 7) is 1.85. The normalized spacial score (nSPS) is 10.1. The van der Waals surface area contributed by atoms with Gasteiger partial charge in [-0.05, 0) is 24.6 Å². The Kier molecular flexibility index (Phi) is 3.48. The Labute approximate surface area is 109 Å². The molecular weight excluding hydrogens is 252 g/mol. The number of hydrogen-bond donors (Lipinski definition) is 2. The minimum Gasteiger partial charge on any atom is -0.506 e. The molecular formula is C13H11ClN2O2. The molecule has 0 atom stereocenters. The molecule has 92 valence electrons. The second-order valence-electron chi connectivity index (χ2n) is 3.82. The minimum absolute atomic E-state index is 0.0569. The molecule has 0 unspecified atom stereocenters. The average Bonchev–Trinajstić information content (AvgIpc) is 2.34. The second-order valence-corrected chi connectivity index (χ2v) is 4.22. The van der Waals surface area contributed by atoms with Gasteiger partial charge in [0, 0.05) is 6.20 Å². The SMILES string of the molecule is Cc1cccc(Cl)c1NC(=O)c1cncc(O)c1. The van der Waals surface area contributed by atoms with Crippen LogP contribution in [0, 0.1) is 6.92 Å². The van der Waals surface area contributed by atoms with Crippen molar-refractivity contribution < 1.29 is 9.90 Å². The van der Waals surface area contributed by atoms with Crippen LogP contribution in [0.2, 0.25) is 5.02 Å². The smallest absolute Gasteiger partial charge is 0.257 e. The zero-order valence-corrected chi connectivity index (χ0v) is 10.4. The first-order chi connectivity index (χ1) is 8.58. The van der Waals surface area contributed by atoms with Crippen LogP contribution in [0.25, 0.3) is 0 Å². The van der Waals surface area contributed by atoms with Crippen molar-refractivity contribution in [1.82, 2.24) is 4.98 Å². The fourth-order valence-electron chi connectivity index (χ4n) is 1.53. The Morgan fingerprint density at radius 1 is 1.39 bits per heavy atom. The van der Waals surface area contributed by atoms with Crippen molar-refractivity contribution in [3.05, 3.63) is 52.8 Å². The summed E-state index contributed by atoms with van der Waals surface area (Å²) in [4.78, 5) is 15.7. The van der Waals surface area contributed by atoms with E-state index in [1.165, 1.54) is 18.5 Å². The summed E-state index contributed by atoms with van der Waals surface area (Å²) in [7, 11) is 0. The zero-order chi connectivity index (χ0) is 13.1. The van der Waals surface area contributed by atoms with Crippen LogP contribution in [0.3, 0.4) is 0 Å². The van der Waals surface area contributed by atoms with E-state index in [-0.39, 0.29) is 17.2 Å². The Balaban J connectivity index is 2.27. The molecule has 0 aliphatic heterocycles. The number of aromatic hydroxyl groups is 1. The van der Waals surface area contributed by atoms with E-state index in [0.29, 0.717) is 10.7 Å². The van der Waals surface area contributed by atoms with E-state index >= 15 is 0 Å². The van der Waals surface area contributed by atoms with Gasteiger partial charge in [0.2, 0.25) is 0 Å². The standard InChI is InChI=1S/C13H11ClN2O2/c1-8-3-2-4-11(14)12(8)16-13(18)9-5-10(17)7-15-6-9/h2-7,17H,1H3,(H,16,18). The van der Waals surface area contributed by atoms with Crippen molar-refractivity contribution >= 4 is 23.2 Å². The van der Waals surface area contributed by atoms with Gasteiger partial charge in [-0.1, -0.05) is 23.7 Å². The number of nitrogens with one attached hydrogen (secondary N) is 1. The first-order valence-corrected chi connectivity index (χ1v) is 5.66. The molecule has 0 saturated heterocycles. The van der Waals surface area contributed by atoms with Crippen LogP contribution in [-0.2, 0) is 0 Å². The molecule has 1 aromatic heterocycles. The van der Waals surface area contributed by atoms with Crippen molar-refractivity contribution in [2.24, 2.45) is 0 Å². The molecule has 1 amide bonds. The molecule has 0 spiro atoms. The lowest BCUT2D eigenvalue weighted by Gasteiger charge is -2.10. The Morgan fingerprint density at radius 3 is 2.83 bits per heavy atom. The third-order valence-electron chi connectivity index (χ3n) is 2.45. The van der Waals surface area contributed by atoms with Crippen LogP contribution >= 0.6 is 11.6 Å². The Morgan fingerprint density at radius 2 is 2.17 bits per heavy atom. The van der Waals surface area contributed by atoms with Crippen LogP contribution < -0.4 is 5.32 Å². The maximum atomic E-state index is 11.9. The van der Waals surface area contributed by atoms with Gasteiger partial charge in [0.05, 0.1) is 22.5 Å². The van der Waals surface area contributed by atoms with E-state index in [1.807, 2.05) is 19.1 Å². The highest BCUT2D eigenvalue weighted by molar-refractivity contribution is 6.34. The lowest BCUT2D eigenvalue weighted by Crippen LogP contribution is -2.13. The number of nitrogens with zero attached hydrogens (tertiary/aromatic N) is 1. The fraction of sp³-hybridized carbons (Fsp3) is 0.0769. The van der Waals surface area contributed by atoms with E-state index in [4.69, 9.17) is 11.6 Å².